The van der Waals surface area contributed by atoms with Gasteiger partial charge in [-0.05, 0) is 44.0 Å². The Morgan fingerprint density at radius 3 is 2.39 bits per heavy atom. The molecule has 0 aliphatic carbocycles. The summed E-state index contributed by atoms with van der Waals surface area (Å²) in [6.45, 7) is 4.21. The second-order valence-electron chi connectivity index (χ2n) is 5.24. The molecule has 7 heteroatoms. The second-order valence-corrected chi connectivity index (χ2v) is 5.24. The maximum atomic E-state index is 11.9. The minimum Gasteiger partial charge on any atom is -0.481 e. The lowest BCUT2D eigenvalue weighted by Crippen LogP contribution is -2.32. The number of urea groups is 1. The smallest absolute Gasteiger partial charge is 0.319 e. The molecule has 4 N–H and O–H groups in total. The van der Waals surface area contributed by atoms with Gasteiger partial charge in [0.05, 0.1) is 0 Å². The van der Waals surface area contributed by atoms with Crippen molar-refractivity contribution in [2.45, 2.75) is 39.2 Å². The van der Waals surface area contributed by atoms with Gasteiger partial charge < -0.3 is 21.1 Å². The minimum atomic E-state index is -0.890. The van der Waals surface area contributed by atoms with Crippen LogP contribution >= 0.6 is 0 Å². The van der Waals surface area contributed by atoms with Gasteiger partial charge in [0.2, 0.25) is 0 Å². The summed E-state index contributed by atoms with van der Waals surface area (Å²) in [5, 5.41) is 16.5. The number of anilines is 1. The van der Waals surface area contributed by atoms with Gasteiger partial charge in [0, 0.05) is 30.3 Å². The number of aliphatic carboxylic acids is 1. The van der Waals surface area contributed by atoms with Crippen LogP contribution in [0.3, 0.4) is 0 Å². The molecule has 7 nitrogen and oxygen atoms in total. The fraction of sp³-hybridized carbons (Fsp3) is 0.438. The largest absolute Gasteiger partial charge is 0.481 e. The Kier molecular flexibility index (Phi) is 7.59. The summed E-state index contributed by atoms with van der Waals surface area (Å²) >= 11 is 0. The molecule has 23 heavy (non-hydrogen) atoms. The predicted octanol–water partition coefficient (Wildman–Crippen LogP) is 2.20. The zero-order valence-electron chi connectivity index (χ0n) is 13.4. The molecule has 1 unspecified atom stereocenters. The molecular weight excluding hydrogens is 298 g/mol. The van der Waals surface area contributed by atoms with E-state index in [4.69, 9.17) is 5.11 Å². The highest BCUT2D eigenvalue weighted by Crippen LogP contribution is 2.10. The molecular formula is C16H23N3O4. The van der Waals surface area contributed by atoms with E-state index in [9.17, 15) is 14.4 Å². The average Bonchev–Trinajstić information content (AvgIpc) is 2.51. The van der Waals surface area contributed by atoms with E-state index in [2.05, 4.69) is 16.0 Å². The standard InChI is InChI=1S/C16H23N3O4/c1-3-11(2)18-15(22)12-6-8-13(9-7-12)19-16(23)17-10-4-5-14(20)21/h6-9,11H,3-5,10H2,1-2H3,(H,18,22)(H,20,21)(H2,17,19,23). The zero-order chi connectivity index (χ0) is 17.2. The number of hydrogen-bond acceptors (Lipinski definition) is 3. The summed E-state index contributed by atoms with van der Waals surface area (Å²) in [6, 6.07) is 6.25. The van der Waals surface area contributed by atoms with Crippen molar-refractivity contribution < 1.29 is 19.5 Å². The van der Waals surface area contributed by atoms with Crippen LogP contribution in [0.2, 0.25) is 0 Å². The molecule has 0 fully saturated rings. The van der Waals surface area contributed by atoms with Gasteiger partial charge in [-0.3, -0.25) is 9.59 Å². The Balaban J connectivity index is 2.42. The van der Waals surface area contributed by atoms with E-state index in [1.807, 2.05) is 13.8 Å². The molecule has 0 radical (unpaired) electrons. The van der Waals surface area contributed by atoms with Crippen LogP contribution in [0.4, 0.5) is 10.5 Å². The number of benzene rings is 1. The molecule has 1 atom stereocenters. The lowest BCUT2D eigenvalue weighted by Gasteiger charge is -2.12. The van der Waals surface area contributed by atoms with E-state index in [1.54, 1.807) is 24.3 Å². The number of carboxylic acids is 1. The maximum Gasteiger partial charge on any atom is 0.319 e. The summed E-state index contributed by atoms with van der Waals surface area (Å²) in [5.41, 5.74) is 1.08. The molecule has 0 aliphatic heterocycles. The van der Waals surface area contributed by atoms with Gasteiger partial charge in [-0.15, -0.1) is 0 Å². The molecule has 1 rings (SSSR count). The molecule has 0 aromatic heterocycles. The summed E-state index contributed by atoms with van der Waals surface area (Å²) in [7, 11) is 0. The molecule has 0 heterocycles. The van der Waals surface area contributed by atoms with Crippen molar-refractivity contribution >= 4 is 23.6 Å². The van der Waals surface area contributed by atoms with Gasteiger partial charge in [0.25, 0.3) is 5.91 Å². The number of nitrogens with one attached hydrogen (secondary N) is 3. The van der Waals surface area contributed by atoms with Gasteiger partial charge in [-0.1, -0.05) is 6.92 Å². The monoisotopic (exact) mass is 321 g/mol. The SMILES string of the molecule is CCC(C)NC(=O)c1ccc(NC(=O)NCCCC(=O)O)cc1. The van der Waals surface area contributed by atoms with Gasteiger partial charge in [-0.25, -0.2) is 4.79 Å². The van der Waals surface area contributed by atoms with Crippen LogP contribution in [0, 0.1) is 0 Å². The third-order valence-electron chi connectivity index (χ3n) is 3.25. The molecule has 0 spiro atoms. The van der Waals surface area contributed by atoms with Crippen LogP contribution in [0.25, 0.3) is 0 Å². The van der Waals surface area contributed by atoms with Crippen molar-refractivity contribution in [3.63, 3.8) is 0 Å². The number of amides is 3. The zero-order valence-corrected chi connectivity index (χ0v) is 13.4. The highest BCUT2D eigenvalue weighted by Gasteiger charge is 2.09. The van der Waals surface area contributed by atoms with Crippen molar-refractivity contribution in [3.8, 4) is 0 Å². The summed E-state index contributed by atoms with van der Waals surface area (Å²) < 4.78 is 0. The van der Waals surface area contributed by atoms with E-state index >= 15 is 0 Å². The van der Waals surface area contributed by atoms with E-state index in [0.717, 1.165) is 6.42 Å². The van der Waals surface area contributed by atoms with Crippen LogP contribution in [0.1, 0.15) is 43.5 Å². The molecule has 0 bridgehead atoms. The number of rotatable bonds is 8. The Bertz CT molecular complexity index is 543. The number of carbonyl (C=O) groups excluding carboxylic acids is 2. The summed E-state index contributed by atoms with van der Waals surface area (Å²) in [6.07, 6.45) is 1.24. The average molecular weight is 321 g/mol. The molecule has 0 aliphatic rings. The minimum absolute atomic E-state index is 0.0142. The fourth-order valence-electron chi connectivity index (χ4n) is 1.73. The highest BCUT2D eigenvalue weighted by atomic mass is 16.4. The van der Waals surface area contributed by atoms with Crippen LogP contribution < -0.4 is 16.0 Å². The maximum absolute atomic E-state index is 11.9. The molecule has 3 amide bonds. The normalized spacial score (nSPS) is 11.4. The molecule has 0 saturated heterocycles. The van der Waals surface area contributed by atoms with Crippen molar-refractivity contribution in [3.05, 3.63) is 29.8 Å². The first kappa shape index (κ1) is 18.5. The van der Waals surface area contributed by atoms with Crippen molar-refractivity contribution in [1.29, 1.82) is 0 Å². The first-order chi connectivity index (χ1) is 10.9. The third kappa shape index (κ3) is 7.30. The Labute approximate surface area is 135 Å². The van der Waals surface area contributed by atoms with Crippen molar-refractivity contribution in [2.75, 3.05) is 11.9 Å². The second kappa shape index (κ2) is 9.45. The van der Waals surface area contributed by atoms with Gasteiger partial charge in [0.1, 0.15) is 0 Å². The van der Waals surface area contributed by atoms with Crippen molar-refractivity contribution in [1.82, 2.24) is 10.6 Å². The van der Waals surface area contributed by atoms with E-state index in [0.29, 0.717) is 17.7 Å². The summed E-state index contributed by atoms with van der Waals surface area (Å²) in [5.74, 6) is -1.04. The van der Waals surface area contributed by atoms with Crippen LogP contribution in [-0.4, -0.2) is 35.6 Å². The molecule has 0 saturated carbocycles. The quantitative estimate of drug-likeness (QED) is 0.550. The van der Waals surface area contributed by atoms with Gasteiger partial charge in [-0.2, -0.15) is 0 Å². The summed E-state index contributed by atoms with van der Waals surface area (Å²) in [4.78, 5) is 33.9. The Morgan fingerprint density at radius 1 is 1.17 bits per heavy atom. The number of hydrogen-bond donors (Lipinski definition) is 4. The number of carbonyl (C=O) groups is 3. The Morgan fingerprint density at radius 2 is 1.83 bits per heavy atom. The first-order valence-electron chi connectivity index (χ1n) is 7.60. The topological polar surface area (TPSA) is 108 Å². The van der Waals surface area contributed by atoms with Crippen LogP contribution in [0.15, 0.2) is 24.3 Å². The molecule has 1 aromatic carbocycles. The number of carboxylic acid groups (broad SMARTS) is 1. The third-order valence-corrected chi connectivity index (χ3v) is 3.25. The molecule has 1 aromatic rings. The van der Waals surface area contributed by atoms with Gasteiger partial charge in [0.15, 0.2) is 0 Å². The lowest BCUT2D eigenvalue weighted by atomic mass is 10.1. The molecule has 126 valence electrons. The van der Waals surface area contributed by atoms with E-state index in [1.165, 1.54) is 0 Å². The first-order valence-corrected chi connectivity index (χ1v) is 7.60. The predicted molar refractivity (Wildman–Crippen MR) is 87.6 cm³/mol. The van der Waals surface area contributed by atoms with Crippen LogP contribution in [0.5, 0.6) is 0 Å². The fourth-order valence-corrected chi connectivity index (χ4v) is 1.73. The van der Waals surface area contributed by atoms with E-state index < -0.39 is 12.0 Å². The van der Waals surface area contributed by atoms with Crippen LogP contribution in [-0.2, 0) is 4.79 Å². The van der Waals surface area contributed by atoms with Gasteiger partial charge >= 0.3 is 12.0 Å². The van der Waals surface area contributed by atoms with Crippen molar-refractivity contribution in [2.24, 2.45) is 0 Å². The lowest BCUT2D eigenvalue weighted by molar-refractivity contribution is -0.137. The van der Waals surface area contributed by atoms with E-state index in [-0.39, 0.29) is 24.9 Å². The highest BCUT2D eigenvalue weighted by molar-refractivity contribution is 5.95. The Hall–Kier alpha value is -2.57.